The molecule has 0 saturated heterocycles. The van der Waals surface area contributed by atoms with Crippen LogP contribution in [0.15, 0.2) is 54.6 Å². The van der Waals surface area contributed by atoms with Crippen LogP contribution in [0, 0.1) is 0 Å². The van der Waals surface area contributed by atoms with Crippen molar-refractivity contribution in [2.75, 3.05) is 13.2 Å². The van der Waals surface area contributed by atoms with Gasteiger partial charge >= 0.3 is 6.92 Å². The molecule has 0 aromatic heterocycles. The molecule has 0 fully saturated rings. The minimum absolute atomic E-state index is 0.0310. The molecule has 0 aliphatic heterocycles. The summed E-state index contributed by atoms with van der Waals surface area (Å²) in [5.41, 5.74) is 9.33. The van der Waals surface area contributed by atoms with Gasteiger partial charge in [-0.2, -0.15) is 0 Å². The van der Waals surface area contributed by atoms with Crippen LogP contribution in [-0.4, -0.2) is 20.1 Å². The van der Waals surface area contributed by atoms with E-state index in [2.05, 4.69) is 43.3 Å². The Morgan fingerprint density at radius 2 is 1.75 bits per heavy atom. The minimum Gasteiger partial charge on any atom is -0.426 e. The summed E-state index contributed by atoms with van der Waals surface area (Å²) in [7, 11) is 0. The number of hydrogen-bond donors (Lipinski definition) is 1. The Labute approximate surface area is 122 Å². The lowest BCUT2D eigenvalue weighted by molar-refractivity contribution is 0.344. The van der Waals surface area contributed by atoms with E-state index in [1.165, 1.54) is 16.5 Å². The Bertz CT molecular complexity index is 515. The van der Waals surface area contributed by atoms with Crippen LogP contribution in [0.5, 0.6) is 0 Å². The van der Waals surface area contributed by atoms with Gasteiger partial charge in [0.05, 0.1) is 0 Å². The normalized spacial score (nSPS) is 10.5. The first-order valence-electron chi connectivity index (χ1n) is 7.30. The largest absolute Gasteiger partial charge is 0.426 e. The molecule has 0 atom stereocenters. The maximum absolute atomic E-state index is 5.97. The van der Waals surface area contributed by atoms with Crippen molar-refractivity contribution >= 4 is 17.8 Å². The average molecular weight is 267 g/mol. The van der Waals surface area contributed by atoms with Crippen molar-refractivity contribution in [3.05, 3.63) is 60.2 Å². The molecule has 2 rings (SSSR count). The summed E-state index contributed by atoms with van der Waals surface area (Å²) in [5.74, 6) is 0. The van der Waals surface area contributed by atoms with Crippen LogP contribution in [0.3, 0.4) is 0 Å². The first-order valence-corrected chi connectivity index (χ1v) is 7.30. The zero-order valence-corrected chi connectivity index (χ0v) is 12.1. The van der Waals surface area contributed by atoms with Crippen molar-refractivity contribution in [2.45, 2.75) is 19.8 Å². The van der Waals surface area contributed by atoms with Crippen molar-refractivity contribution in [3.63, 3.8) is 0 Å². The van der Waals surface area contributed by atoms with Crippen LogP contribution in [-0.2, 0) is 11.1 Å². The maximum atomic E-state index is 5.97. The summed E-state index contributed by atoms with van der Waals surface area (Å²) in [4.78, 5) is 0. The highest BCUT2D eigenvalue weighted by atomic mass is 16.4. The van der Waals surface area contributed by atoms with Crippen LogP contribution in [0.4, 0.5) is 0 Å². The second kappa shape index (κ2) is 7.88. The molecule has 0 heterocycles. The fourth-order valence-electron chi connectivity index (χ4n) is 2.40. The summed E-state index contributed by atoms with van der Waals surface area (Å²) >= 11 is 0. The zero-order valence-electron chi connectivity index (χ0n) is 12.1. The van der Waals surface area contributed by atoms with Gasteiger partial charge < -0.3 is 10.4 Å². The highest BCUT2D eigenvalue weighted by Crippen LogP contribution is 2.03. The van der Waals surface area contributed by atoms with Crippen LogP contribution in [0.1, 0.15) is 18.9 Å². The van der Waals surface area contributed by atoms with Gasteiger partial charge in [-0.05, 0) is 22.9 Å². The highest BCUT2D eigenvalue weighted by molar-refractivity contribution is 6.80. The monoisotopic (exact) mass is 267 g/mol. The van der Waals surface area contributed by atoms with Gasteiger partial charge in [0.1, 0.15) is 0 Å². The zero-order chi connectivity index (χ0) is 14.2. The minimum atomic E-state index is -0.0310. The summed E-state index contributed by atoms with van der Waals surface area (Å²) in [5, 5.41) is 0. The molecule has 0 bridgehead atoms. The van der Waals surface area contributed by atoms with E-state index in [-0.39, 0.29) is 6.92 Å². The molecule has 0 aliphatic carbocycles. The van der Waals surface area contributed by atoms with Gasteiger partial charge in [0, 0.05) is 13.2 Å². The molecule has 0 radical (unpaired) electrons. The number of benzene rings is 2. The lowest BCUT2D eigenvalue weighted by Gasteiger charge is -2.15. The van der Waals surface area contributed by atoms with E-state index in [0.717, 1.165) is 12.8 Å². The van der Waals surface area contributed by atoms with Crippen LogP contribution < -0.4 is 16.7 Å². The lowest BCUT2D eigenvalue weighted by atomic mass is 9.55. The van der Waals surface area contributed by atoms with Gasteiger partial charge in [0.2, 0.25) is 0 Å². The Kier molecular flexibility index (Phi) is 5.84. The quantitative estimate of drug-likeness (QED) is 0.775. The van der Waals surface area contributed by atoms with Crippen molar-refractivity contribution in [1.29, 1.82) is 0 Å². The maximum Gasteiger partial charge on any atom is 0.361 e. The Morgan fingerprint density at radius 1 is 1.00 bits per heavy atom. The molecule has 0 saturated carbocycles. The molecule has 0 amide bonds. The lowest BCUT2D eigenvalue weighted by Crippen LogP contribution is -2.46. The van der Waals surface area contributed by atoms with Crippen molar-refractivity contribution in [1.82, 2.24) is 0 Å². The van der Waals surface area contributed by atoms with Crippen LogP contribution in [0.25, 0.3) is 0 Å². The number of hydrogen-bond acceptors (Lipinski definition) is 2. The van der Waals surface area contributed by atoms with Crippen molar-refractivity contribution in [3.8, 4) is 0 Å². The van der Waals surface area contributed by atoms with E-state index in [9.17, 15) is 0 Å². The molecule has 2 aromatic carbocycles. The molecular weight excluding hydrogens is 245 g/mol. The summed E-state index contributed by atoms with van der Waals surface area (Å²) in [6.45, 7) is 3.28. The van der Waals surface area contributed by atoms with Crippen molar-refractivity contribution in [2.24, 2.45) is 5.73 Å². The summed E-state index contributed by atoms with van der Waals surface area (Å²) in [6, 6.07) is 19.0. The van der Waals surface area contributed by atoms with Crippen molar-refractivity contribution < 1.29 is 4.65 Å². The number of rotatable bonds is 7. The van der Waals surface area contributed by atoms with Gasteiger partial charge in [0.25, 0.3) is 0 Å². The fourth-order valence-corrected chi connectivity index (χ4v) is 2.40. The van der Waals surface area contributed by atoms with Gasteiger partial charge in [-0.3, -0.25) is 0 Å². The molecule has 0 unspecified atom stereocenters. The van der Waals surface area contributed by atoms with Gasteiger partial charge in [-0.1, -0.05) is 67.9 Å². The topological polar surface area (TPSA) is 35.2 Å². The Hall–Kier alpha value is -1.58. The Morgan fingerprint density at radius 3 is 2.45 bits per heavy atom. The third kappa shape index (κ3) is 3.96. The SMILES string of the molecule is CCCc1cccc(B(OCCN)c2ccccc2)c1. The third-order valence-corrected chi connectivity index (χ3v) is 3.30. The molecular formula is C17H22BNO. The van der Waals surface area contributed by atoms with E-state index in [4.69, 9.17) is 10.4 Å². The standard InChI is InChI=1S/C17H22BNO/c1-2-7-15-8-6-11-17(14-15)18(20-13-12-19)16-9-4-3-5-10-16/h3-6,8-11,14H,2,7,12-13,19H2,1H3. The summed E-state index contributed by atoms with van der Waals surface area (Å²) in [6.07, 6.45) is 2.26. The van der Waals surface area contributed by atoms with E-state index in [0.29, 0.717) is 13.2 Å². The summed E-state index contributed by atoms with van der Waals surface area (Å²) < 4.78 is 5.97. The average Bonchev–Trinajstić information content (AvgIpc) is 2.50. The van der Waals surface area contributed by atoms with Gasteiger partial charge in [-0.25, -0.2) is 0 Å². The third-order valence-electron chi connectivity index (χ3n) is 3.30. The Balaban J connectivity index is 2.28. The van der Waals surface area contributed by atoms with E-state index >= 15 is 0 Å². The second-order valence-corrected chi connectivity index (χ2v) is 4.95. The molecule has 0 aliphatic rings. The first kappa shape index (κ1) is 14.8. The fraction of sp³-hybridized carbons (Fsp3) is 0.294. The highest BCUT2D eigenvalue weighted by Gasteiger charge is 2.20. The van der Waals surface area contributed by atoms with Gasteiger partial charge in [-0.15, -0.1) is 0 Å². The van der Waals surface area contributed by atoms with E-state index < -0.39 is 0 Å². The van der Waals surface area contributed by atoms with E-state index in [1.807, 2.05) is 18.2 Å². The van der Waals surface area contributed by atoms with Gasteiger partial charge in [0.15, 0.2) is 0 Å². The molecule has 2 aromatic rings. The second-order valence-electron chi connectivity index (χ2n) is 4.95. The molecule has 2 N–H and O–H groups in total. The number of aryl methyl sites for hydroxylation is 1. The van der Waals surface area contributed by atoms with E-state index in [1.54, 1.807) is 0 Å². The molecule has 20 heavy (non-hydrogen) atoms. The predicted octanol–water partition coefficient (Wildman–Crippen LogP) is 1.72. The van der Waals surface area contributed by atoms with Crippen LogP contribution >= 0.6 is 0 Å². The smallest absolute Gasteiger partial charge is 0.361 e. The molecule has 2 nitrogen and oxygen atoms in total. The molecule has 3 heteroatoms. The number of nitrogens with two attached hydrogens (primary N) is 1. The molecule has 0 spiro atoms. The molecule has 104 valence electrons. The van der Waals surface area contributed by atoms with Crippen LogP contribution in [0.2, 0.25) is 0 Å². The predicted molar refractivity (Wildman–Crippen MR) is 86.9 cm³/mol. The first-order chi connectivity index (χ1) is 9.85.